The largest absolute Gasteiger partial charge is 0.358 e. The highest BCUT2D eigenvalue weighted by Crippen LogP contribution is 2.20. The molecular weight excluding hydrogens is 204 g/mol. The first kappa shape index (κ1) is 10.4. The Kier molecular flexibility index (Phi) is 4.07. The number of anilines is 1. The zero-order valence-corrected chi connectivity index (χ0v) is 8.95. The second-order valence-corrected chi connectivity index (χ2v) is 3.88. The van der Waals surface area contributed by atoms with Gasteiger partial charge >= 0.3 is 0 Å². The predicted octanol–water partition coefficient (Wildman–Crippen LogP) is 3.01. The fraction of sp³-hybridized carbons (Fsp3) is 0.444. The van der Waals surface area contributed by atoms with Crippen LogP contribution >= 0.6 is 22.9 Å². The lowest BCUT2D eigenvalue weighted by Crippen LogP contribution is -2.17. The fourth-order valence-electron chi connectivity index (χ4n) is 0.935. The molecule has 1 unspecified atom stereocenters. The Morgan fingerprint density at radius 1 is 1.85 bits per heavy atom. The summed E-state index contributed by atoms with van der Waals surface area (Å²) in [6, 6.07) is 0.298. The van der Waals surface area contributed by atoms with Crippen LogP contribution in [-0.2, 0) is 0 Å². The van der Waals surface area contributed by atoms with E-state index in [0.29, 0.717) is 17.6 Å². The molecule has 1 N–H and O–H groups in total. The van der Waals surface area contributed by atoms with Crippen LogP contribution < -0.4 is 5.32 Å². The lowest BCUT2D eigenvalue weighted by molar-refractivity contribution is 0.714. The van der Waals surface area contributed by atoms with Gasteiger partial charge in [0.2, 0.25) is 0 Å². The van der Waals surface area contributed by atoms with E-state index in [9.17, 15) is 0 Å². The summed E-state index contributed by atoms with van der Waals surface area (Å²) in [4.78, 5) is 4.08. The second kappa shape index (κ2) is 5.11. The highest BCUT2D eigenvalue weighted by Gasteiger charge is 2.06. The standard InChI is InChI=1S/C9H11ClN2S/c1-3-5-7(4-2)11-9-12-8(10)6-13-9/h1,6-7H,4-5H2,2H3,(H,11,12). The maximum Gasteiger partial charge on any atom is 0.184 e. The van der Waals surface area contributed by atoms with Crippen LogP contribution in [0.15, 0.2) is 5.38 Å². The van der Waals surface area contributed by atoms with Gasteiger partial charge in [-0.1, -0.05) is 18.5 Å². The maximum atomic E-state index is 5.68. The summed E-state index contributed by atoms with van der Waals surface area (Å²) < 4.78 is 0. The molecule has 0 amide bonds. The minimum Gasteiger partial charge on any atom is -0.358 e. The molecule has 0 spiro atoms. The number of nitrogens with one attached hydrogen (secondary N) is 1. The van der Waals surface area contributed by atoms with Crippen molar-refractivity contribution in [3.05, 3.63) is 10.5 Å². The molecule has 70 valence electrons. The summed E-state index contributed by atoms with van der Waals surface area (Å²) in [5.74, 6) is 2.63. The van der Waals surface area contributed by atoms with E-state index in [1.165, 1.54) is 11.3 Å². The fourth-order valence-corrected chi connectivity index (χ4v) is 1.85. The highest BCUT2D eigenvalue weighted by atomic mass is 35.5. The number of nitrogens with zero attached hydrogens (tertiary/aromatic N) is 1. The quantitative estimate of drug-likeness (QED) is 0.780. The topological polar surface area (TPSA) is 24.9 Å². The Balaban J connectivity index is 2.52. The zero-order valence-electron chi connectivity index (χ0n) is 7.38. The molecule has 0 radical (unpaired) electrons. The maximum absolute atomic E-state index is 5.68. The Labute approximate surface area is 87.3 Å². The highest BCUT2D eigenvalue weighted by molar-refractivity contribution is 7.14. The van der Waals surface area contributed by atoms with Gasteiger partial charge < -0.3 is 5.32 Å². The molecule has 2 nitrogen and oxygen atoms in total. The van der Waals surface area contributed by atoms with E-state index in [4.69, 9.17) is 18.0 Å². The average molecular weight is 215 g/mol. The van der Waals surface area contributed by atoms with E-state index >= 15 is 0 Å². The van der Waals surface area contributed by atoms with Crippen molar-refractivity contribution >= 4 is 28.1 Å². The minimum absolute atomic E-state index is 0.298. The van der Waals surface area contributed by atoms with Gasteiger partial charge in [-0.3, -0.25) is 0 Å². The predicted molar refractivity (Wildman–Crippen MR) is 58.3 cm³/mol. The number of rotatable bonds is 4. The minimum atomic E-state index is 0.298. The Morgan fingerprint density at radius 3 is 3.08 bits per heavy atom. The molecule has 0 aliphatic carbocycles. The number of hydrogen-bond donors (Lipinski definition) is 1. The van der Waals surface area contributed by atoms with Crippen LogP contribution in [-0.4, -0.2) is 11.0 Å². The number of thiazole rings is 1. The number of terminal acetylenes is 1. The SMILES string of the molecule is C#CCC(CC)Nc1nc(Cl)cs1. The molecule has 4 heteroatoms. The lowest BCUT2D eigenvalue weighted by Gasteiger charge is -2.12. The second-order valence-electron chi connectivity index (χ2n) is 2.63. The molecule has 0 bridgehead atoms. The lowest BCUT2D eigenvalue weighted by atomic mass is 10.2. The Hall–Kier alpha value is -0.720. The van der Waals surface area contributed by atoms with Crippen LogP contribution in [0.3, 0.4) is 0 Å². The van der Waals surface area contributed by atoms with Crippen molar-refractivity contribution < 1.29 is 0 Å². The molecule has 0 aliphatic heterocycles. The summed E-state index contributed by atoms with van der Waals surface area (Å²) in [6.07, 6.45) is 6.93. The van der Waals surface area contributed by atoms with E-state index in [1.807, 2.05) is 0 Å². The third kappa shape index (κ3) is 3.25. The number of halogens is 1. The van der Waals surface area contributed by atoms with Gasteiger partial charge in [-0.05, 0) is 6.42 Å². The molecule has 0 saturated heterocycles. The summed E-state index contributed by atoms with van der Waals surface area (Å²) >= 11 is 7.18. The van der Waals surface area contributed by atoms with Gasteiger partial charge in [0.1, 0.15) is 5.15 Å². The molecule has 1 heterocycles. The van der Waals surface area contributed by atoms with E-state index in [0.717, 1.165) is 11.6 Å². The molecule has 1 rings (SSSR count). The molecule has 1 aromatic heterocycles. The van der Waals surface area contributed by atoms with Crippen molar-refractivity contribution in [2.75, 3.05) is 5.32 Å². The van der Waals surface area contributed by atoms with Gasteiger partial charge in [0.05, 0.1) is 0 Å². The summed E-state index contributed by atoms with van der Waals surface area (Å²) in [7, 11) is 0. The van der Waals surface area contributed by atoms with E-state index in [1.54, 1.807) is 5.38 Å². The molecule has 0 fully saturated rings. The zero-order chi connectivity index (χ0) is 9.68. The van der Waals surface area contributed by atoms with Gasteiger partial charge in [-0.2, -0.15) is 0 Å². The van der Waals surface area contributed by atoms with Crippen molar-refractivity contribution in [2.45, 2.75) is 25.8 Å². The van der Waals surface area contributed by atoms with E-state index in [2.05, 4.69) is 23.1 Å². The van der Waals surface area contributed by atoms with Crippen molar-refractivity contribution in [1.29, 1.82) is 0 Å². The van der Waals surface area contributed by atoms with Crippen molar-refractivity contribution in [2.24, 2.45) is 0 Å². The summed E-state index contributed by atoms with van der Waals surface area (Å²) in [5.41, 5.74) is 0. The molecule has 13 heavy (non-hydrogen) atoms. The van der Waals surface area contributed by atoms with Crippen LogP contribution in [0.5, 0.6) is 0 Å². The van der Waals surface area contributed by atoms with Gasteiger partial charge in [0.15, 0.2) is 5.13 Å². The first-order valence-electron chi connectivity index (χ1n) is 4.07. The van der Waals surface area contributed by atoms with Gasteiger partial charge in [-0.25, -0.2) is 4.98 Å². The van der Waals surface area contributed by atoms with Gasteiger partial charge in [0, 0.05) is 17.8 Å². The third-order valence-electron chi connectivity index (χ3n) is 1.66. The molecule has 0 saturated carbocycles. The van der Waals surface area contributed by atoms with Crippen LogP contribution in [0, 0.1) is 12.3 Å². The monoisotopic (exact) mass is 214 g/mol. The first-order chi connectivity index (χ1) is 6.26. The van der Waals surface area contributed by atoms with Crippen LogP contribution in [0.2, 0.25) is 5.15 Å². The third-order valence-corrected chi connectivity index (χ3v) is 2.76. The number of aromatic nitrogens is 1. The molecule has 1 aromatic rings. The smallest absolute Gasteiger partial charge is 0.184 e. The van der Waals surface area contributed by atoms with Gasteiger partial charge in [-0.15, -0.1) is 23.7 Å². The molecule has 0 aliphatic rings. The normalized spacial score (nSPS) is 12.1. The van der Waals surface area contributed by atoms with E-state index < -0.39 is 0 Å². The average Bonchev–Trinajstić information content (AvgIpc) is 2.50. The van der Waals surface area contributed by atoms with Crippen LogP contribution in [0.1, 0.15) is 19.8 Å². The van der Waals surface area contributed by atoms with Crippen LogP contribution in [0.4, 0.5) is 5.13 Å². The van der Waals surface area contributed by atoms with Crippen molar-refractivity contribution in [1.82, 2.24) is 4.98 Å². The van der Waals surface area contributed by atoms with Crippen molar-refractivity contribution in [3.8, 4) is 12.3 Å². The molecular formula is C9H11ClN2S. The summed E-state index contributed by atoms with van der Waals surface area (Å²) in [6.45, 7) is 2.09. The molecule has 0 aromatic carbocycles. The number of hydrogen-bond acceptors (Lipinski definition) is 3. The Bertz CT molecular complexity index is 303. The van der Waals surface area contributed by atoms with Crippen LogP contribution in [0.25, 0.3) is 0 Å². The summed E-state index contributed by atoms with van der Waals surface area (Å²) in [5, 5.41) is 6.40. The van der Waals surface area contributed by atoms with E-state index in [-0.39, 0.29) is 0 Å². The van der Waals surface area contributed by atoms with Crippen molar-refractivity contribution in [3.63, 3.8) is 0 Å². The Morgan fingerprint density at radius 2 is 2.62 bits per heavy atom. The van der Waals surface area contributed by atoms with Gasteiger partial charge in [0.25, 0.3) is 0 Å². The molecule has 1 atom stereocenters. The first-order valence-corrected chi connectivity index (χ1v) is 5.33.